The van der Waals surface area contributed by atoms with Gasteiger partial charge in [-0.05, 0) is 55.3 Å². The number of hydrogen-bond donors (Lipinski definition) is 5. The zero-order valence-corrected chi connectivity index (χ0v) is 29.7. The minimum atomic E-state index is -0.915. The van der Waals surface area contributed by atoms with Crippen molar-refractivity contribution in [3.63, 3.8) is 0 Å². The number of carboxylic acids is 1. The molecule has 6 rings (SSSR count). The van der Waals surface area contributed by atoms with Crippen LogP contribution in [0.4, 0.5) is 17.2 Å². The Morgan fingerprint density at radius 1 is 0.980 bits per heavy atom. The SMILES string of the molecule is Cn1cc(CNCC(C)(C)O)cc(C(=O)Nc2cccc(-c3cccc(Nc4nccc5cc(CN6CC(C(=O)O)C6)cnc45)c3Cl)c2Cl)c1=O. The van der Waals surface area contributed by atoms with Gasteiger partial charge in [0.25, 0.3) is 11.5 Å². The molecular weight excluding hydrogens is 693 g/mol. The first-order chi connectivity index (χ1) is 24.3. The number of pyridine rings is 3. The van der Waals surface area contributed by atoms with E-state index in [0.29, 0.717) is 77.1 Å². The third kappa shape index (κ3) is 8.22. The number of hydrogen-bond acceptors (Lipinski definition) is 9. The van der Waals surface area contributed by atoms with Gasteiger partial charge in [-0.15, -0.1) is 0 Å². The van der Waals surface area contributed by atoms with Crippen molar-refractivity contribution < 1.29 is 19.8 Å². The molecule has 1 fully saturated rings. The second-order valence-corrected chi connectivity index (χ2v) is 14.1. The summed E-state index contributed by atoms with van der Waals surface area (Å²) in [5.41, 5.74) is 2.89. The molecule has 12 nitrogen and oxygen atoms in total. The van der Waals surface area contributed by atoms with Gasteiger partial charge in [-0.25, -0.2) is 4.98 Å². The van der Waals surface area contributed by atoms with Crippen molar-refractivity contribution in [2.45, 2.75) is 32.5 Å². The molecule has 3 aromatic heterocycles. The highest BCUT2D eigenvalue weighted by molar-refractivity contribution is 6.39. The van der Waals surface area contributed by atoms with E-state index >= 15 is 0 Å². The maximum Gasteiger partial charge on any atom is 0.309 e. The molecule has 0 spiro atoms. The molecule has 1 aliphatic heterocycles. The van der Waals surface area contributed by atoms with E-state index in [4.69, 9.17) is 28.3 Å². The number of halogens is 2. The maximum atomic E-state index is 13.4. The number of nitrogens with one attached hydrogen (secondary N) is 3. The van der Waals surface area contributed by atoms with Gasteiger partial charge in [0.2, 0.25) is 0 Å². The average Bonchev–Trinajstić information content (AvgIpc) is 3.05. The number of aliphatic carboxylic acids is 1. The molecule has 14 heteroatoms. The fraction of sp³-hybridized carbons (Fsp3) is 0.270. The largest absolute Gasteiger partial charge is 0.481 e. The Labute approximate surface area is 304 Å². The fourth-order valence-electron chi connectivity index (χ4n) is 5.94. The normalized spacial score (nSPS) is 13.6. The Morgan fingerprint density at radius 2 is 1.67 bits per heavy atom. The lowest BCUT2D eigenvalue weighted by atomic mass is 10.00. The summed E-state index contributed by atoms with van der Waals surface area (Å²) in [6, 6.07) is 16.0. The molecule has 1 aliphatic rings. The molecule has 1 amide bonds. The Bertz CT molecular complexity index is 2200. The molecule has 51 heavy (non-hydrogen) atoms. The van der Waals surface area contributed by atoms with Gasteiger partial charge in [0.1, 0.15) is 11.1 Å². The fourth-order valence-corrected chi connectivity index (χ4v) is 6.49. The van der Waals surface area contributed by atoms with E-state index in [1.807, 2.05) is 30.3 Å². The van der Waals surface area contributed by atoms with Crippen molar-refractivity contribution >= 4 is 63.2 Å². The van der Waals surface area contributed by atoms with Crippen LogP contribution in [0.25, 0.3) is 22.0 Å². The Balaban J connectivity index is 1.21. The Morgan fingerprint density at radius 3 is 2.35 bits per heavy atom. The van der Waals surface area contributed by atoms with Gasteiger partial charge in [0.05, 0.1) is 32.9 Å². The van der Waals surface area contributed by atoms with Crippen molar-refractivity contribution in [3.05, 3.63) is 110 Å². The van der Waals surface area contributed by atoms with E-state index in [1.165, 1.54) is 10.6 Å². The number of likely N-dealkylation sites (tertiary alicyclic amines) is 1. The monoisotopic (exact) mass is 729 g/mol. The topological polar surface area (TPSA) is 162 Å². The zero-order valence-electron chi connectivity index (χ0n) is 28.2. The lowest BCUT2D eigenvalue weighted by Crippen LogP contribution is -2.49. The van der Waals surface area contributed by atoms with Gasteiger partial charge >= 0.3 is 5.97 Å². The van der Waals surface area contributed by atoms with Crippen LogP contribution in [0.2, 0.25) is 10.0 Å². The highest BCUT2D eigenvalue weighted by Gasteiger charge is 2.32. The third-order valence-corrected chi connectivity index (χ3v) is 9.34. The van der Waals surface area contributed by atoms with Gasteiger partial charge in [0, 0.05) is 74.9 Å². The maximum absolute atomic E-state index is 13.4. The van der Waals surface area contributed by atoms with E-state index in [2.05, 4.69) is 30.8 Å². The third-order valence-electron chi connectivity index (χ3n) is 8.53. The lowest BCUT2D eigenvalue weighted by molar-refractivity contribution is -0.147. The molecule has 4 heterocycles. The van der Waals surface area contributed by atoms with Crippen LogP contribution in [0.15, 0.2) is 78.0 Å². The van der Waals surface area contributed by atoms with Gasteiger partial charge < -0.3 is 30.7 Å². The minimum Gasteiger partial charge on any atom is -0.481 e. The van der Waals surface area contributed by atoms with Crippen LogP contribution in [0.5, 0.6) is 0 Å². The summed E-state index contributed by atoms with van der Waals surface area (Å²) in [7, 11) is 1.57. The van der Waals surface area contributed by atoms with Crippen LogP contribution in [0.1, 0.15) is 35.3 Å². The molecule has 5 N–H and O–H groups in total. The zero-order chi connectivity index (χ0) is 36.4. The van der Waals surface area contributed by atoms with E-state index in [-0.39, 0.29) is 16.5 Å². The van der Waals surface area contributed by atoms with Gasteiger partial charge in [-0.2, -0.15) is 0 Å². The second-order valence-electron chi connectivity index (χ2n) is 13.3. The number of carbonyl (C=O) groups excluding carboxylic acids is 1. The van der Waals surface area contributed by atoms with Crippen LogP contribution in [-0.4, -0.2) is 66.8 Å². The summed E-state index contributed by atoms with van der Waals surface area (Å²) in [6.07, 6.45) is 5.08. The highest BCUT2D eigenvalue weighted by atomic mass is 35.5. The van der Waals surface area contributed by atoms with E-state index in [0.717, 1.165) is 10.9 Å². The van der Waals surface area contributed by atoms with Gasteiger partial charge in [0.15, 0.2) is 5.82 Å². The molecule has 0 atom stereocenters. The average molecular weight is 731 g/mol. The molecular formula is C37H37Cl2N7O5. The lowest BCUT2D eigenvalue weighted by Gasteiger charge is -2.36. The molecule has 0 aliphatic carbocycles. The number of carbonyl (C=O) groups is 2. The highest BCUT2D eigenvalue weighted by Crippen LogP contribution is 2.41. The number of anilines is 3. The standard InChI is InChI=1S/C37H37Cl2N7O5/c1-37(2,51)20-40-14-22-13-27(35(48)45(3)16-22)34(47)44-29-9-5-7-26(31(29)39)25-6-4-8-28(30(25)38)43-33-32-23(10-11-41-33)12-21(15-42-32)17-46-18-24(19-46)36(49)50/h4-13,15-16,24,40,51H,14,17-20H2,1-3H3,(H,41,43)(H,44,47)(H,49,50). The number of amides is 1. The summed E-state index contributed by atoms with van der Waals surface area (Å²) in [6.45, 7) is 5.68. The molecule has 0 radical (unpaired) electrons. The number of fused-ring (bicyclic) bond motifs is 1. The first-order valence-electron chi connectivity index (χ1n) is 16.2. The first-order valence-corrected chi connectivity index (χ1v) is 17.0. The van der Waals surface area contributed by atoms with E-state index in [1.54, 1.807) is 57.7 Å². The number of aryl methyl sites for hydroxylation is 1. The summed E-state index contributed by atoms with van der Waals surface area (Å²) >= 11 is 13.8. The van der Waals surface area contributed by atoms with Crippen LogP contribution < -0.4 is 21.5 Å². The van der Waals surface area contributed by atoms with Gasteiger partial charge in [-0.1, -0.05) is 47.5 Å². The quantitative estimate of drug-likeness (QED) is 0.108. The molecule has 264 valence electrons. The number of carboxylic acid groups (broad SMARTS) is 1. The predicted octanol–water partition coefficient (Wildman–Crippen LogP) is 5.68. The van der Waals surface area contributed by atoms with Crippen LogP contribution >= 0.6 is 23.2 Å². The summed E-state index contributed by atoms with van der Waals surface area (Å²) in [5, 5.41) is 29.9. The number of aromatic nitrogens is 3. The van der Waals surface area contributed by atoms with Crippen LogP contribution in [0.3, 0.4) is 0 Å². The van der Waals surface area contributed by atoms with Crippen LogP contribution in [-0.2, 0) is 24.9 Å². The first kappa shape index (κ1) is 36.0. The summed E-state index contributed by atoms with van der Waals surface area (Å²) in [5.74, 6) is -1.21. The number of benzene rings is 2. The Hall–Kier alpha value is -4.85. The molecule has 5 aromatic rings. The molecule has 0 saturated carbocycles. The summed E-state index contributed by atoms with van der Waals surface area (Å²) in [4.78, 5) is 48.7. The van der Waals surface area contributed by atoms with Crippen molar-refractivity contribution in [1.82, 2.24) is 24.8 Å². The minimum absolute atomic E-state index is 0.0542. The number of rotatable bonds is 12. The van der Waals surface area contributed by atoms with Crippen molar-refractivity contribution in [1.29, 1.82) is 0 Å². The molecule has 0 bridgehead atoms. The van der Waals surface area contributed by atoms with Crippen molar-refractivity contribution in [2.24, 2.45) is 13.0 Å². The van der Waals surface area contributed by atoms with Crippen molar-refractivity contribution in [3.8, 4) is 11.1 Å². The predicted molar refractivity (Wildman–Crippen MR) is 199 cm³/mol. The van der Waals surface area contributed by atoms with Crippen molar-refractivity contribution in [2.75, 3.05) is 30.3 Å². The molecule has 1 saturated heterocycles. The van der Waals surface area contributed by atoms with E-state index in [9.17, 15) is 19.5 Å². The molecule has 2 aromatic carbocycles. The van der Waals surface area contributed by atoms with E-state index < -0.39 is 23.0 Å². The second kappa shape index (κ2) is 14.8. The van der Waals surface area contributed by atoms with Crippen LogP contribution in [0, 0.1) is 5.92 Å². The number of nitrogens with zero attached hydrogens (tertiary/aromatic N) is 4. The smallest absolute Gasteiger partial charge is 0.309 e. The number of aliphatic hydroxyl groups is 1. The Kier molecular flexibility index (Phi) is 10.4. The summed E-state index contributed by atoms with van der Waals surface area (Å²) < 4.78 is 1.34. The van der Waals surface area contributed by atoms with Gasteiger partial charge in [-0.3, -0.25) is 24.3 Å². The molecule has 0 unspecified atom stereocenters.